The molecule has 0 amide bonds. The van der Waals surface area contributed by atoms with Crippen molar-refractivity contribution in [2.75, 3.05) is 7.11 Å². The zero-order chi connectivity index (χ0) is 23.8. The molecule has 0 bridgehead atoms. The number of carbonyl (C=O) groups excluding carboxylic acids is 1. The monoisotopic (exact) mass is 508 g/mol. The third kappa shape index (κ3) is 4.62. The molecule has 1 heterocycles. The van der Waals surface area contributed by atoms with Gasteiger partial charge in [0.2, 0.25) is 5.88 Å². The molecule has 0 saturated heterocycles. The number of nitrogens with zero attached hydrogens (tertiary/aromatic N) is 1. The minimum Gasteiger partial charge on any atom is -0.493 e. The third-order valence-electron chi connectivity index (χ3n) is 5.90. The highest BCUT2D eigenvalue weighted by molar-refractivity contribution is 9.10. The number of methoxy groups -OCH3 is 1. The second-order valence-corrected chi connectivity index (χ2v) is 9.94. The van der Waals surface area contributed by atoms with Gasteiger partial charge in [-0.1, -0.05) is 48.0 Å². The number of rotatable bonds is 5. The molecule has 4 rings (SSSR count). The second-order valence-electron chi connectivity index (χ2n) is 9.03. The molecule has 2 aliphatic rings. The molecule has 0 radical (unpaired) electrons. The Hall–Kier alpha value is -3.24. The topological polar surface area (TPSA) is 94.6 Å². The first-order chi connectivity index (χ1) is 15.7. The Morgan fingerprint density at radius 3 is 2.58 bits per heavy atom. The predicted molar refractivity (Wildman–Crippen MR) is 127 cm³/mol. The number of hydrogen-bond donors (Lipinski definition) is 1. The lowest BCUT2D eigenvalue weighted by molar-refractivity contribution is -0.119. The summed E-state index contributed by atoms with van der Waals surface area (Å²) < 4.78 is 18.3. The number of allylic oxidation sites excluding steroid dienone is 3. The minimum atomic E-state index is -0.600. The van der Waals surface area contributed by atoms with Gasteiger partial charge in [-0.05, 0) is 40.8 Å². The van der Waals surface area contributed by atoms with E-state index in [2.05, 4.69) is 22.0 Å². The smallest absolute Gasteiger partial charge is 0.205 e. The van der Waals surface area contributed by atoms with E-state index in [1.165, 1.54) is 0 Å². The van der Waals surface area contributed by atoms with Crippen LogP contribution in [-0.4, -0.2) is 12.9 Å². The van der Waals surface area contributed by atoms with Crippen molar-refractivity contribution >= 4 is 21.7 Å². The molecule has 2 aromatic rings. The number of nitriles is 1. The van der Waals surface area contributed by atoms with Gasteiger partial charge in [0, 0.05) is 22.9 Å². The van der Waals surface area contributed by atoms with Crippen LogP contribution in [0.5, 0.6) is 11.5 Å². The van der Waals surface area contributed by atoms with Crippen molar-refractivity contribution in [3.63, 3.8) is 0 Å². The molecule has 6 nitrogen and oxygen atoms in total. The van der Waals surface area contributed by atoms with E-state index in [1.807, 2.05) is 44.2 Å². The third-order valence-corrected chi connectivity index (χ3v) is 6.43. The molecule has 0 aromatic heterocycles. The average molecular weight is 509 g/mol. The van der Waals surface area contributed by atoms with Gasteiger partial charge >= 0.3 is 0 Å². The number of carbonyl (C=O) groups is 1. The Balaban J connectivity index is 1.69. The number of hydrogen-bond acceptors (Lipinski definition) is 6. The Kier molecular flexibility index (Phi) is 6.22. The molecule has 0 spiro atoms. The molecular weight excluding hydrogens is 484 g/mol. The van der Waals surface area contributed by atoms with Gasteiger partial charge < -0.3 is 19.9 Å². The summed E-state index contributed by atoms with van der Waals surface area (Å²) in [6.45, 7) is 4.42. The number of halogens is 1. The summed E-state index contributed by atoms with van der Waals surface area (Å²) >= 11 is 3.43. The average Bonchev–Trinajstić information content (AvgIpc) is 2.77. The molecule has 1 aliphatic heterocycles. The van der Waals surface area contributed by atoms with Crippen LogP contribution in [0.1, 0.15) is 43.7 Å². The quantitative estimate of drug-likeness (QED) is 0.573. The number of Topliss-reactive ketones (excluding diaryl/α,β-unsaturated/α-hetero) is 1. The van der Waals surface area contributed by atoms with E-state index in [1.54, 1.807) is 19.2 Å². The van der Waals surface area contributed by atoms with E-state index >= 15 is 0 Å². The van der Waals surface area contributed by atoms with Gasteiger partial charge in [-0.3, -0.25) is 4.79 Å². The van der Waals surface area contributed by atoms with E-state index < -0.39 is 5.92 Å². The van der Waals surface area contributed by atoms with Crippen molar-refractivity contribution in [1.29, 1.82) is 5.26 Å². The Bertz CT molecular complexity index is 1210. The van der Waals surface area contributed by atoms with Crippen molar-refractivity contribution in [3.05, 3.63) is 80.9 Å². The molecule has 0 fully saturated rings. The first kappa shape index (κ1) is 22.9. The molecule has 1 aliphatic carbocycles. The molecule has 170 valence electrons. The lowest BCUT2D eigenvalue weighted by atomic mass is 9.70. The molecule has 7 heteroatoms. The van der Waals surface area contributed by atoms with E-state index in [4.69, 9.17) is 19.9 Å². The Morgan fingerprint density at radius 1 is 1.18 bits per heavy atom. The standard InChI is InChI=1S/C26H25BrN2O4/c1-26(2)11-19(30)24-22(12-26)33-25(29)18(13-28)23(24)16-6-9-20(21(10-16)31-3)32-14-15-4-7-17(27)8-5-15/h4-10,23H,11-12,14,29H2,1-3H3. The summed E-state index contributed by atoms with van der Waals surface area (Å²) in [4.78, 5) is 13.1. The van der Waals surface area contributed by atoms with Crippen LogP contribution in [-0.2, 0) is 16.1 Å². The van der Waals surface area contributed by atoms with Crippen LogP contribution in [0.3, 0.4) is 0 Å². The molecule has 2 N–H and O–H groups in total. The summed E-state index contributed by atoms with van der Waals surface area (Å²) in [5, 5.41) is 9.82. The highest BCUT2D eigenvalue weighted by Gasteiger charge is 2.43. The Morgan fingerprint density at radius 2 is 1.91 bits per heavy atom. The molecule has 33 heavy (non-hydrogen) atoms. The first-order valence-corrected chi connectivity index (χ1v) is 11.4. The van der Waals surface area contributed by atoms with Gasteiger partial charge in [-0.25, -0.2) is 0 Å². The van der Waals surface area contributed by atoms with Gasteiger partial charge in [-0.2, -0.15) is 5.26 Å². The van der Waals surface area contributed by atoms with Crippen LogP contribution < -0.4 is 15.2 Å². The summed E-state index contributed by atoms with van der Waals surface area (Å²) in [5.74, 6) is 1.04. The summed E-state index contributed by atoms with van der Waals surface area (Å²) in [6, 6.07) is 15.5. The number of ketones is 1. The number of benzene rings is 2. The van der Waals surface area contributed by atoms with E-state index in [0.29, 0.717) is 42.3 Å². The predicted octanol–water partition coefficient (Wildman–Crippen LogP) is 5.49. The van der Waals surface area contributed by atoms with Crippen LogP contribution in [0.25, 0.3) is 0 Å². The maximum Gasteiger partial charge on any atom is 0.205 e. The van der Waals surface area contributed by atoms with Crippen molar-refractivity contribution < 1.29 is 19.0 Å². The van der Waals surface area contributed by atoms with E-state index in [9.17, 15) is 10.1 Å². The van der Waals surface area contributed by atoms with Gasteiger partial charge in [0.15, 0.2) is 17.3 Å². The van der Waals surface area contributed by atoms with E-state index in [0.717, 1.165) is 15.6 Å². The van der Waals surface area contributed by atoms with Crippen molar-refractivity contribution in [3.8, 4) is 17.6 Å². The summed E-state index contributed by atoms with van der Waals surface area (Å²) in [7, 11) is 1.56. The van der Waals surface area contributed by atoms with Crippen molar-refractivity contribution in [2.24, 2.45) is 11.1 Å². The van der Waals surface area contributed by atoms with Gasteiger partial charge in [0.1, 0.15) is 24.0 Å². The SMILES string of the molecule is COc1cc(C2C(C#N)=C(N)OC3=C2C(=O)CC(C)(C)C3)ccc1OCc1ccc(Br)cc1. The van der Waals surface area contributed by atoms with Crippen molar-refractivity contribution in [2.45, 2.75) is 39.2 Å². The fourth-order valence-electron chi connectivity index (χ4n) is 4.34. The largest absolute Gasteiger partial charge is 0.493 e. The van der Waals surface area contributed by atoms with Crippen LogP contribution in [0.2, 0.25) is 0 Å². The zero-order valence-electron chi connectivity index (χ0n) is 18.8. The second kappa shape index (κ2) is 8.95. The van der Waals surface area contributed by atoms with Crippen LogP contribution in [0, 0.1) is 16.7 Å². The summed E-state index contributed by atoms with van der Waals surface area (Å²) in [6.07, 6.45) is 0.964. The number of nitrogens with two attached hydrogens (primary N) is 1. The van der Waals surface area contributed by atoms with Crippen LogP contribution >= 0.6 is 15.9 Å². The normalized spacial score (nSPS) is 19.5. The van der Waals surface area contributed by atoms with Gasteiger partial charge in [0.25, 0.3) is 0 Å². The first-order valence-electron chi connectivity index (χ1n) is 10.6. The molecule has 2 aromatic carbocycles. The Labute approximate surface area is 201 Å². The maximum atomic E-state index is 13.1. The molecule has 0 saturated carbocycles. The molecule has 1 atom stereocenters. The van der Waals surface area contributed by atoms with Crippen LogP contribution in [0.15, 0.2) is 69.7 Å². The lowest BCUT2D eigenvalue weighted by Gasteiger charge is -2.37. The lowest BCUT2D eigenvalue weighted by Crippen LogP contribution is -2.33. The fourth-order valence-corrected chi connectivity index (χ4v) is 4.61. The summed E-state index contributed by atoms with van der Waals surface area (Å²) in [5.41, 5.74) is 8.36. The van der Waals surface area contributed by atoms with Gasteiger partial charge in [0.05, 0.1) is 13.0 Å². The molecule has 1 unspecified atom stereocenters. The highest BCUT2D eigenvalue weighted by Crippen LogP contribution is 2.48. The maximum absolute atomic E-state index is 13.1. The molecular formula is C26H25BrN2O4. The van der Waals surface area contributed by atoms with Crippen molar-refractivity contribution in [1.82, 2.24) is 0 Å². The van der Waals surface area contributed by atoms with Gasteiger partial charge in [-0.15, -0.1) is 0 Å². The number of ether oxygens (including phenoxy) is 3. The van der Waals surface area contributed by atoms with Crippen LogP contribution in [0.4, 0.5) is 0 Å². The highest BCUT2D eigenvalue weighted by atomic mass is 79.9. The minimum absolute atomic E-state index is 0.0268. The van der Waals surface area contributed by atoms with E-state index in [-0.39, 0.29) is 22.7 Å². The fraction of sp³-hybridized carbons (Fsp3) is 0.308. The zero-order valence-corrected chi connectivity index (χ0v) is 20.4.